The molecule has 0 unspecified atom stereocenters. The quantitative estimate of drug-likeness (QED) is 0.735. The van der Waals surface area contributed by atoms with Gasteiger partial charge in [-0.3, -0.25) is 9.78 Å². The first kappa shape index (κ1) is 18.4. The van der Waals surface area contributed by atoms with Crippen molar-refractivity contribution < 1.29 is 9.53 Å². The maximum atomic E-state index is 11.7. The van der Waals surface area contributed by atoms with E-state index in [1.807, 2.05) is 19.3 Å². The molecule has 1 aliphatic carbocycles. The molecule has 0 amide bonds. The number of carbonyl (C=O) groups is 1. The SMILES string of the molecule is CCOC(=O)CC1CCC2(CC1)CCN(CCc1ccncc1)CC2. The van der Waals surface area contributed by atoms with Gasteiger partial charge in [0.2, 0.25) is 0 Å². The highest BCUT2D eigenvalue weighted by Gasteiger charge is 2.38. The molecular formula is C21H32N2O2. The first-order valence-electron chi connectivity index (χ1n) is 9.96. The van der Waals surface area contributed by atoms with Gasteiger partial charge in [-0.15, -0.1) is 0 Å². The van der Waals surface area contributed by atoms with E-state index in [9.17, 15) is 4.79 Å². The molecule has 2 aliphatic rings. The fourth-order valence-corrected chi connectivity index (χ4v) is 4.54. The predicted molar refractivity (Wildman–Crippen MR) is 99.3 cm³/mol. The summed E-state index contributed by atoms with van der Waals surface area (Å²) in [6.07, 6.45) is 13.2. The van der Waals surface area contributed by atoms with E-state index in [-0.39, 0.29) is 5.97 Å². The van der Waals surface area contributed by atoms with E-state index in [0.29, 0.717) is 24.4 Å². The number of piperidine rings is 1. The molecule has 25 heavy (non-hydrogen) atoms. The highest BCUT2D eigenvalue weighted by atomic mass is 16.5. The lowest BCUT2D eigenvalue weighted by Crippen LogP contribution is -2.42. The number of carbonyl (C=O) groups excluding carboxylic acids is 1. The lowest BCUT2D eigenvalue weighted by atomic mass is 9.65. The van der Waals surface area contributed by atoms with Gasteiger partial charge in [-0.1, -0.05) is 0 Å². The molecule has 1 saturated carbocycles. The van der Waals surface area contributed by atoms with Crippen molar-refractivity contribution in [2.45, 2.75) is 58.3 Å². The molecule has 2 fully saturated rings. The molecule has 1 aromatic heterocycles. The number of aromatic nitrogens is 1. The standard InChI is InChI=1S/C21H32N2O2/c1-2-25-20(24)17-19-3-8-21(9-4-19)10-15-23(16-11-21)14-7-18-5-12-22-13-6-18/h5-6,12-13,19H,2-4,7-11,14-17H2,1H3. The summed E-state index contributed by atoms with van der Waals surface area (Å²) in [5.74, 6) is 0.545. The van der Waals surface area contributed by atoms with Crippen LogP contribution in [0.2, 0.25) is 0 Å². The van der Waals surface area contributed by atoms with Crippen LogP contribution in [0.15, 0.2) is 24.5 Å². The largest absolute Gasteiger partial charge is 0.466 e. The maximum Gasteiger partial charge on any atom is 0.306 e. The summed E-state index contributed by atoms with van der Waals surface area (Å²) in [7, 11) is 0. The lowest BCUT2D eigenvalue weighted by molar-refractivity contribution is -0.144. The van der Waals surface area contributed by atoms with Crippen molar-refractivity contribution in [1.29, 1.82) is 0 Å². The Balaban J connectivity index is 1.38. The van der Waals surface area contributed by atoms with Crippen molar-refractivity contribution in [1.82, 2.24) is 9.88 Å². The average Bonchev–Trinajstić information content (AvgIpc) is 2.65. The van der Waals surface area contributed by atoms with Crippen molar-refractivity contribution in [3.8, 4) is 0 Å². The highest BCUT2D eigenvalue weighted by molar-refractivity contribution is 5.69. The minimum absolute atomic E-state index is 0.00520. The number of hydrogen-bond acceptors (Lipinski definition) is 4. The summed E-state index contributed by atoms with van der Waals surface area (Å²) in [5, 5.41) is 0. The topological polar surface area (TPSA) is 42.4 Å². The second-order valence-electron chi connectivity index (χ2n) is 7.90. The van der Waals surface area contributed by atoms with Crippen molar-refractivity contribution >= 4 is 5.97 Å². The predicted octanol–water partition coefficient (Wildman–Crippen LogP) is 3.85. The van der Waals surface area contributed by atoms with Crippen LogP contribution >= 0.6 is 0 Å². The van der Waals surface area contributed by atoms with E-state index < -0.39 is 0 Å². The monoisotopic (exact) mass is 344 g/mol. The van der Waals surface area contributed by atoms with Gasteiger partial charge in [0.1, 0.15) is 0 Å². The van der Waals surface area contributed by atoms with E-state index in [1.54, 1.807) is 0 Å². The van der Waals surface area contributed by atoms with Gasteiger partial charge in [-0.2, -0.15) is 0 Å². The van der Waals surface area contributed by atoms with E-state index in [2.05, 4.69) is 22.0 Å². The van der Waals surface area contributed by atoms with Crippen molar-refractivity contribution in [2.75, 3.05) is 26.2 Å². The Bertz CT molecular complexity index is 528. The van der Waals surface area contributed by atoms with E-state index >= 15 is 0 Å². The van der Waals surface area contributed by atoms with Crippen molar-refractivity contribution in [2.24, 2.45) is 11.3 Å². The first-order chi connectivity index (χ1) is 12.2. The number of hydrogen-bond donors (Lipinski definition) is 0. The Morgan fingerprint density at radius 2 is 1.88 bits per heavy atom. The molecule has 0 bridgehead atoms. The number of pyridine rings is 1. The Morgan fingerprint density at radius 1 is 1.20 bits per heavy atom. The zero-order valence-corrected chi connectivity index (χ0v) is 15.6. The molecule has 0 N–H and O–H groups in total. The van der Waals surface area contributed by atoms with Crippen LogP contribution in [-0.2, 0) is 16.0 Å². The molecule has 138 valence electrons. The molecule has 1 spiro atoms. The third-order valence-electron chi connectivity index (χ3n) is 6.31. The minimum atomic E-state index is -0.00520. The number of nitrogens with zero attached hydrogens (tertiary/aromatic N) is 2. The van der Waals surface area contributed by atoms with Gasteiger partial charge in [0, 0.05) is 25.4 Å². The summed E-state index contributed by atoms with van der Waals surface area (Å²) in [6.45, 7) is 6.01. The van der Waals surface area contributed by atoms with Gasteiger partial charge in [0.15, 0.2) is 0 Å². The van der Waals surface area contributed by atoms with E-state index in [0.717, 1.165) is 13.0 Å². The molecule has 1 saturated heterocycles. The van der Waals surface area contributed by atoms with Crippen LogP contribution in [0.25, 0.3) is 0 Å². The van der Waals surface area contributed by atoms with Gasteiger partial charge in [-0.25, -0.2) is 0 Å². The minimum Gasteiger partial charge on any atom is -0.466 e. The van der Waals surface area contributed by atoms with Gasteiger partial charge in [-0.05, 0) is 94.0 Å². The van der Waals surface area contributed by atoms with Crippen molar-refractivity contribution in [3.05, 3.63) is 30.1 Å². The van der Waals surface area contributed by atoms with Gasteiger partial charge < -0.3 is 9.64 Å². The van der Waals surface area contributed by atoms with Gasteiger partial charge in [0.05, 0.1) is 6.61 Å². The molecule has 0 radical (unpaired) electrons. The second kappa shape index (κ2) is 8.79. The molecule has 0 atom stereocenters. The molecule has 4 nitrogen and oxygen atoms in total. The molecule has 4 heteroatoms. The van der Waals surface area contributed by atoms with Gasteiger partial charge in [0.25, 0.3) is 0 Å². The van der Waals surface area contributed by atoms with Crippen molar-refractivity contribution in [3.63, 3.8) is 0 Å². The smallest absolute Gasteiger partial charge is 0.306 e. The Kier molecular flexibility index (Phi) is 6.46. The summed E-state index contributed by atoms with van der Waals surface area (Å²) in [6, 6.07) is 4.24. The van der Waals surface area contributed by atoms with Crippen LogP contribution in [0, 0.1) is 11.3 Å². The Hall–Kier alpha value is -1.42. The third-order valence-corrected chi connectivity index (χ3v) is 6.31. The highest BCUT2D eigenvalue weighted by Crippen LogP contribution is 2.47. The van der Waals surface area contributed by atoms with Crippen LogP contribution in [0.1, 0.15) is 57.4 Å². The number of likely N-dealkylation sites (tertiary alicyclic amines) is 1. The molecule has 2 heterocycles. The molecular weight excluding hydrogens is 312 g/mol. The first-order valence-corrected chi connectivity index (χ1v) is 9.96. The zero-order chi connectivity index (χ0) is 17.5. The molecule has 1 aromatic rings. The van der Waals surface area contributed by atoms with Crippen LogP contribution < -0.4 is 0 Å². The van der Waals surface area contributed by atoms with Crippen LogP contribution in [0.5, 0.6) is 0 Å². The zero-order valence-electron chi connectivity index (χ0n) is 15.6. The maximum absolute atomic E-state index is 11.7. The number of ether oxygens (including phenoxy) is 1. The normalized spacial score (nSPS) is 21.3. The number of esters is 1. The summed E-state index contributed by atoms with van der Waals surface area (Å²) >= 11 is 0. The summed E-state index contributed by atoms with van der Waals surface area (Å²) in [4.78, 5) is 18.4. The van der Waals surface area contributed by atoms with Gasteiger partial charge >= 0.3 is 5.97 Å². The Labute approximate surface area is 152 Å². The fourth-order valence-electron chi connectivity index (χ4n) is 4.54. The van der Waals surface area contributed by atoms with Crippen LogP contribution in [-0.4, -0.2) is 42.1 Å². The fraction of sp³-hybridized carbons (Fsp3) is 0.714. The van der Waals surface area contributed by atoms with Crippen LogP contribution in [0.4, 0.5) is 0 Å². The van der Waals surface area contributed by atoms with E-state index in [1.165, 1.54) is 57.2 Å². The van der Waals surface area contributed by atoms with Crippen LogP contribution in [0.3, 0.4) is 0 Å². The summed E-state index contributed by atoms with van der Waals surface area (Å²) < 4.78 is 5.11. The molecule has 0 aromatic carbocycles. The van der Waals surface area contributed by atoms with E-state index in [4.69, 9.17) is 4.74 Å². The Morgan fingerprint density at radius 3 is 2.52 bits per heavy atom. The molecule has 1 aliphatic heterocycles. The molecule has 3 rings (SSSR count). The summed E-state index contributed by atoms with van der Waals surface area (Å²) in [5.41, 5.74) is 1.94. The third kappa shape index (κ3) is 5.27. The second-order valence-corrected chi connectivity index (χ2v) is 7.90. The lowest BCUT2D eigenvalue weighted by Gasteiger charge is -2.46. The number of rotatable bonds is 6. The average molecular weight is 344 g/mol.